The Hall–Kier alpha value is -3.31. The van der Waals surface area contributed by atoms with Crippen LogP contribution in [0.3, 0.4) is 0 Å². The zero-order chi connectivity index (χ0) is 24.0. The summed E-state index contributed by atoms with van der Waals surface area (Å²) in [6.07, 6.45) is 2.85. The Balaban J connectivity index is 0.000000454. The summed E-state index contributed by atoms with van der Waals surface area (Å²) in [5.41, 5.74) is 1.85. The van der Waals surface area contributed by atoms with Crippen LogP contribution >= 0.6 is 0 Å². The maximum Gasteiger partial charge on any atom is 0.414 e. The van der Waals surface area contributed by atoms with Crippen LogP contribution in [0.4, 0.5) is 0 Å². The molecule has 0 radical (unpaired) electrons. The molecule has 33 heavy (non-hydrogen) atoms. The highest BCUT2D eigenvalue weighted by molar-refractivity contribution is 6.27. The fraction of sp³-hybridized carbons (Fsp3) is 0.500. The summed E-state index contributed by atoms with van der Waals surface area (Å²) in [6, 6.07) is 8.42. The van der Waals surface area contributed by atoms with Gasteiger partial charge in [0.1, 0.15) is 0 Å². The standard InChI is InChI=1S/C20H27N5O2.C2H2O4/c1-14(2)25-17-7-4-3-6-16(17)18(23-25)20-22-21-19(27-20)15-8-11-24(12-9-15)10-5-13-26;3-1(4)2(5)6/h3-4,6-7,14-15,26H,5,8-13H2,1-2H3;(H,3,4)(H,5,6). The number of carboxylic acid groups (broad SMARTS) is 2. The van der Waals surface area contributed by atoms with E-state index in [0.29, 0.717) is 11.8 Å². The molecule has 4 rings (SSSR count). The molecule has 1 aromatic carbocycles. The van der Waals surface area contributed by atoms with Gasteiger partial charge in [-0.15, -0.1) is 10.2 Å². The third-order valence-electron chi connectivity index (χ3n) is 5.50. The highest BCUT2D eigenvalue weighted by Crippen LogP contribution is 2.32. The van der Waals surface area contributed by atoms with Crippen LogP contribution in [0, 0.1) is 0 Å². The highest BCUT2D eigenvalue weighted by atomic mass is 16.4. The molecule has 2 aromatic heterocycles. The van der Waals surface area contributed by atoms with E-state index >= 15 is 0 Å². The summed E-state index contributed by atoms with van der Waals surface area (Å²) in [4.78, 5) is 20.6. The van der Waals surface area contributed by atoms with Crippen molar-refractivity contribution in [1.82, 2.24) is 24.9 Å². The molecule has 178 valence electrons. The maximum absolute atomic E-state index is 9.10. The first-order valence-electron chi connectivity index (χ1n) is 10.9. The Labute approximate surface area is 190 Å². The van der Waals surface area contributed by atoms with Crippen molar-refractivity contribution < 1.29 is 29.3 Å². The van der Waals surface area contributed by atoms with Crippen molar-refractivity contribution in [2.75, 3.05) is 26.2 Å². The largest absolute Gasteiger partial charge is 0.473 e. The number of nitrogens with zero attached hydrogens (tertiary/aromatic N) is 5. The predicted molar refractivity (Wildman–Crippen MR) is 119 cm³/mol. The molecule has 1 saturated heterocycles. The van der Waals surface area contributed by atoms with Crippen molar-refractivity contribution >= 4 is 22.8 Å². The topological polar surface area (TPSA) is 155 Å². The van der Waals surface area contributed by atoms with Gasteiger partial charge in [-0.1, -0.05) is 18.2 Å². The minimum Gasteiger partial charge on any atom is -0.473 e. The molecule has 0 spiro atoms. The van der Waals surface area contributed by atoms with Crippen molar-refractivity contribution in [3.8, 4) is 11.6 Å². The first-order chi connectivity index (χ1) is 15.8. The monoisotopic (exact) mass is 459 g/mol. The van der Waals surface area contributed by atoms with Gasteiger partial charge in [-0.05, 0) is 52.3 Å². The normalized spacial score (nSPS) is 14.9. The lowest BCUT2D eigenvalue weighted by Gasteiger charge is -2.30. The summed E-state index contributed by atoms with van der Waals surface area (Å²) in [7, 11) is 0. The highest BCUT2D eigenvalue weighted by Gasteiger charge is 2.26. The Morgan fingerprint density at radius 2 is 1.79 bits per heavy atom. The van der Waals surface area contributed by atoms with Crippen LogP contribution in [0.1, 0.15) is 51.0 Å². The van der Waals surface area contributed by atoms with E-state index in [-0.39, 0.29) is 12.6 Å². The maximum atomic E-state index is 9.10. The molecule has 0 saturated carbocycles. The van der Waals surface area contributed by atoms with Crippen LogP contribution in [0.25, 0.3) is 22.5 Å². The van der Waals surface area contributed by atoms with Gasteiger partial charge in [-0.2, -0.15) is 5.10 Å². The van der Waals surface area contributed by atoms with E-state index in [9.17, 15) is 0 Å². The number of piperidine rings is 1. The molecular weight excluding hydrogens is 430 g/mol. The Morgan fingerprint density at radius 1 is 1.12 bits per heavy atom. The summed E-state index contributed by atoms with van der Waals surface area (Å²) in [5.74, 6) is -2.13. The lowest BCUT2D eigenvalue weighted by atomic mass is 9.97. The number of carboxylic acids is 2. The summed E-state index contributed by atoms with van der Waals surface area (Å²) >= 11 is 0. The lowest BCUT2D eigenvalue weighted by Crippen LogP contribution is -2.34. The summed E-state index contributed by atoms with van der Waals surface area (Å²) in [5, 5.41) is 38.2. The third kappa shape index (κ3) is 5.93. The van der Waals surface area contributed by atoms with Gasteiger partial charge < -0.3 is 24.6 Å². The number of likely N-dealkylation sites (tertiary alicyclic amines) is 1. The fourth-order valence-electron chi connectivity index (χ4n) is 3.83. The van der Waals surface area contributed by atoms with E-state index in [1.54, 1.807) is 0 Å². The number of hydrogen-bond acceptors (Lipinski definition) is 8. The first kappa shape index (κ1) is 24.3. The number of benzene rings is 1. The van der Waals surface area contributed by atoms with Crippen molar-refractivity contribution in [3.05, 3.63) is 30.2 Å². The Kier molecular flexibility index (Phi) is 8.12. The molecule has 0 amide bonds. The van der Waals surface area contributed by atoms with E-state index in [4.69, 9.17) is 34.4 Å². The van der Waals surface area contributed by atoms with Gasteiger partial charge in [0, 0.05) is 30.5 Å². The van der Waals surface area contributed by atoms with Crippen LogP contribution in [0.15, 0.2) is 28.7 Å². The number of aromatic nitrogens is 4. The van der Waals surface area contributed by atoms with Crippen LogP contribution in [0.2, 0.25) is 0 Å². The van der Waals surface area contributed by atoms with Gasteiger partial charge in [-0.25, -0.2) is 9.59 Å². The number of aliphatic carboxylic acids is 2. The van der Waals surface area contributed by atoms with Crippen LogP contribution in [-0.2, 0) is 9.59 Å². The number of hydrogen-bond donors (Lipinski definition) is 3. The molecule has 3 aromatic rings. The van der Waals surface area contributed by atoms with Crippen LogP contribution in [0.5, 0.6) is 0 Å². The molecular formula is C22H29N5O6. The van der Waals surface area contributed by atoms with E-state index in [1.807, 2.05) is 16.8 Å². The van der Waals surface area contributed by atoms with Crippen LogP contribution in [-0.4, -0.2) is 78.4 Å². The number of fused-ring (bicyclic) bond motifs is 1. The Bertz CT molecular complexity index is 1070. The van der Waals surface area contributed by atoms with Crippen molar-refractivity contribution in [1.29, 1.82) is 0 Å². The minimum atomic E-state index is -1.82. The average Bonchev–Trinajstić information content (AvgIpc) is 3.43. The zero-order valence-corrected chi connectivity index (χ0v) is 18.7. The zero-order valence-electron chi connectivity index (χ0n) is 18.7. The van der Waals surface area contributed by atoms with Gasteiger partial charge in [-0.3, -0.25) is 4.68 Å². The molecule has 1 fully saturated rings. The lowest BCUT2D eigenvalue weighted by molar-refractivity contribution is -0.159. The second-order valence-corrected chi connectivity index (χ2v) is 8.15. The van der Waals surface area contributed by atoms with E-state index in [1.165, 1.54) is 0 Å². The van der Waals surface area contributed by atoms with Gasteiger partial charge in [0.2, 0.25) is 5.89 Å². The molecule has 1 aliphatic heterocycles. The van der Waals surface area contributed by atoms with Gasteiger partial charge in [0.25, 0.3) is 5.89 Å². The van der Waals surface area contributed by atoms with Gasteiger partial charge >= 0.3 is 11.9 Å². The predicted octanol–water partition coefficient (Wildman–Crippen LogP) is 2.38. The summed E-state index contributed by atoms with van der Waals surface area (Å²) < 4.78 is 8.08. The molecule has 1 aliphatic rings. The second kappa shape index (κ2) is 11.0. The Morgan fingerprint density at radius 3 is 2.39 bits per heavy atom. The number of carbonyl (C=O) groups is 2. The van der Waals surface area contributed by atoms with Crippen molar-refractivity contribution in [2.45, 2.75) is 45.1 Å². The van der Waals surface area contributed by atoms with E-state index in [2.05, 4.69) is 41.1 Å². The number of rotatable bonds is 6. The van der Waals surface area contributed by atoms with E-state index < -0.39 is 11.9 Å². The number of para-hydroxylation sites is 1. The smallest absolute Gasteiger partial charge is 0.414 e. The molecule has 3 N–H and O–H groups in total. The second-order valence-electron chi connectivity index (χ2n) is 8.15. The first-order valence-corrected chi connectivity index (χ1v) is 10.9. The minimum absolute atomic E-state index is 0.254. The van der Waals surface area contributed by atoms with Crippen LogP contribution < -0.4 is 0 Å². The number of aliphatic hydroxyl groups excluding tert-OH is 1. The average molecular weight is 460 g/mol. The molecule has 0 aliphatic carbocycles. The molecule has 3 heterocycles. The molecule has 11 heteroatoms. The van der Waals surface area contributed by atoms with Crippen molar-refractivity contribution in [2.24, 2.45) is 0 Å². The summed E-state index contributed by atoms with van der Waals surface area (Å²) in [6.45, 7) is 7.46. The van der Waals surface area contributed by atoms with Gasteiger partial charge in [0.05, 0.1) is 5.52 Å². The number of aliphatic hydroxyl groups is 1. The molecule has 0 unspecified atom stereocenters. The third-order valence-corrected chi connectivity index (χ3v) is 5.50. The van der Waals surface area contributed by atoms with E-state index in [0.717, 1.165) is 61.4 Å². The molecule has 11 nitrogen and oxygen atoms in total. The fourth-order valence-corrected chi connectivity index (χ4v) is 3.83. The SMILES string of the molecule is CC(C)n1nc(-c2nnc(C3CCN(CCCO)CC3)o2)c2ccccc21.O=C(O)C(=O)O. The quantitative estimate of drug-likeness (QED) is 0.468. The molecule has 0 bridgehead atoms. The molecule has 0 atom stereocenters. The van der Waals surface area contributed by atoms with Gasteiger partial charge in [0.15, 0.2) is 5.69 Å². The van der Waals surface area contributed by atoms with Crippen molar-refractivity contribution in [3.63, 3.8) is 0 Å².